The van der Waals surface area contributed by atoms with E-state index in [0.29, 0.717) is 6.54 Å². The first kappa shape index (κ1) is 16.1. The number of carbonyl (C=O) groups excluding carboxylic acids is 2. The Morgan fingerprint density at radius 1 is 1.32 bits per heavy atom. The van der Waals surface area contributed by atoms with Gasteiger partial charge in [-0.15, -0.1) is 0 Å². The fourth-order valence-corrected chi connectivity index (χ4v) is 2.25. The van der Waals surface area contributed by atoms with Crippen molar-refractivity contribution in [3.63, 3.8) is 0 Å². The molecule has 1 aromatic heterocycles. The van der Waals surface area contributed by atoms with Crippen molar-refractivity contribution in [3.05, 3.63) is 35.6 Å². The van der Waals surface area contributed by atoms with Crippen LogP contribution in [0.4, 0.5) is 0 Å². The number of nitrogens with one attached hydrogen (secondary N) is 1. The van der Waals surface area contributed by atoms with Crippen LogP contribution in [0, 0.1) is 0 Å². The number of esters is 1. The molecule has 0 aliphatic rings. The molecule has 5 nitrogen and oxygen atoms in total. The zero-order chi connectivity index (χ0) is 16.1. The normalized spacial score (nSPS) is 12.1. The van der Waals surface area contributed by atoms with Gasteiger partial charge in [-0.2, -0.15) is 0 Å². The molecular formula is C17H21NO4. The molecule has 0 spiro atoms. The van der Waals surface area contributed by atoms with Crippen LogP contribution in [-0.2, 0) is 27.2 Å². The third-order valence-electron chi connectivity index (χ3n) is 3.49. The Kier molecular flexibility index (Phi) is 5.20. The molecule has 22 heavy (non-hydrogen) atoms. The summed E-state index contributed by atoms with van der Waals surface area (Å²) in [5, 5.41) is 3.52. The highest BCUT2D eigenvalue weighted by atomic mass is 16.5. The summed E-state index contributed by atoms with van der Waals surface area (Å²) in [7, 11) is 0. The van der Waals surface area contributed by atoms with Gasteiger partial charge in [-0.1, -0.05) is 19.1 Å². The van der Waals surface area contributed by atoms with Crippen molar-refractivity contribution in [3.8, 4) is 0 Å². The molecule has 2 aromatic rings. The number of carbonyl (C=O) groups is 2. The average Bonchev–Trinajstić information content (AvgIpc) is 2.89. The average molecular weight is 303 g/mol. The summed E-state index contributed by atoms with van der Waals surface area (Å²) in [6.07, 6.45) is 1.79. The predicted molar refractivity (Wildman–Crippen MR) is 83.5 cm³/mol. The minimum absolute atomic E-state index is 0.0855. The van der Waals surface area contributed by atoms with E-state index in [2.05, 4.69) is 12.2 Å². The Balaban J connectivity index is 2.04. The summed E-state index contributed by atoms with van der Waals surface area (Å²) in [4.78, 5) is 23.5. The summed E-state index contributed by atoms with van der Waals surface area (Å²) in [6, 6.07) is 5.94. The number of amides is 1. The molecule has 0 bridgehead atoms. The summed E-state index contributed by atoms with van der Waals surface area (Å²) < 4.78 is 10.6. The standard InChI is InChI=1S/C17H21NO4/c1-4-12-6-7-14-13(10-21-15(14)8-12)9-16(19)22-11(3)17(20)18-5-2/h6-8,10-11H,4-5,9H2,1-3H3,(H,18,20)/t11-/m0/s1. The molecule has 0 unspecified atom stereocenters. The number of ether oxygens (including phenoxy) is 1. The molecule has 1 heterocycles. The Hall–Kier alpha value is -2.30. The molecule has 118 valence electrons. The van der Waals surface area contributed by atoms with E-state index in [9.17, 15) is 9.59 Å². The van der Waals surface area contributed by atoms with E-state index in [-0.39, 0.29) is 12.3 Å². The number of rotatable bonds is 6. The van der Waals surface area contributed by atoms with Gasteiger partial charge < -0.3 is 14.5 Å². The maximum atomic E-state index is 12.0. The van der Waals surface area contributed by atoms with Crippen LogP contribution >= 0.6 is 0 Å². The second kappa shape index (κ2) is 7.11. The van der Waals surface area contributed by atoms with Gasteiger partial charge in [-0.25, -0.2) is 0 Å². The lowest BCUT2D eigenvalue weighted by molar-refractivity contribution is -0.154. The number of likely N-dealkylation sites (N-methyl/N-ethyl adjacent to an activating group) is 1. The molecule has 0 aliphatic heterocycles. The summed E-state index contributed by atoms with van der Waals surface area (Å²) in [5.74, 6) is -0.735. The van der Waals surface area contributed by atoms with Crippen LogP contribution in [0.1, 0.15) is 31.9 Å². The number of benzene rings is 1. The minimum Gasteiger partial charge on any atom is -0.464 e. The fraction of sp³-hybridized carbons (Fsp3) is 0.412. The van der Waals surface area contributed by atoms with Crippen LogP contribution in [0.3, 0.4) is 0 Å². The summed E-state index contributed by atoms with van der Waals surface area (Å²) in [5.41, 5.74) is 2.71. The SMILES string of the molecule is CCNC(=O)[C@H](C)OC(=O)Cc1coc2cc(CC)ccc12. The molecule has 0 fully saturated rings. The molecule has 5 heteroatoms. The number of fused-ring (bicyclic) bond motifs is 1. The van der Waals surface area contributed by atoms with E-state index in [4.69, 9.17) is 9.15 Å². The Morgan fingerprint density at radius 3 is 2.77 bits per heavy atom. The first-order valence-electron chi connectivity index (χ1n) is 7.51. The van der Waals surface area contributed by atoms with Crippen molar-refractivity contribution >= 4 is 22.8 Å². The lowest BCUT2D eigenvalue weighted by Gasteiger charge is -2.12. The van der Waals surface area contributed by atoms with Crippen molar-refractivity contribution in [2.45, 2.75) is 39.7 Å². The van der Waals surface area contributed by atoms with Crippen LogP contribution < -0.4 is 5.32 Å². The third kappa shape index (κ3) is 3.67. The van der Waals surface area contributed by atoms with Crippen molar-refractivity contribution in [2.75, 3.05) is 6.54 Å². The van der Waals surface area contributed by atoms with Crippen molar-refractivity contribution < 1.29 is 18.7 Å². The molecule has 2 rings (SSSR count). The maximum absolute atomic E-state index is 12.0. The smallest absolute Gasteiger partial charge is 0.311 e. The zero-order valence-corrected chi connectivity index (χ0v) is 13.1. The lowest BCUT2D eigenvalue weighted by Crippen LogP contribution is -2.35. The first-order chi connectivity index (χ1) is 10.5. The van der Waals surface area contributed by atoms with Crippen LogP contribution in [-0.4, -0.2) is 24.5 Å². The van der Waals surface area contributed by atoms with Gasteiger partial charge >= 0.3 is 5.97 Å². The molecule has 0 saturated heterocycles. The van der Waals surface area contributed by atoms with E-state index in [0.717, 1.165) is 23.0 Å². The Morgan fingerprint density at radius 2 is 2.09 bits per heavy atom. The largest absolute Gasteiger partial charge is 0.464 e. The second-order valence-electron chi connectivity index (χ2n) is 5.15. The van der Waals surface area contributed by atoms with E-state index in [1.165, 1.54) is 5.56 Å². The molecule has 0 saturated carbocycles. The van der Waals surface area contributed by atoms with Gasteiger partial charge in [0.2, 0.25) is 0 Å². The molecule has 1 amide bonds. The highest BCUT2D eigenvalue weighted by molar-refractivity contribution is 5.88. The number of hydrogen-bond donors (Lipinski definition) is 1. The van der Waals surface area contributed by atoms with E-state index in [1.807, 2.05) is 25.1 Å². The Bertz CT molecular complexity index is 674. The van der Waals surface area contributed by atoms with Gasteiger partial charge in [0, 0.05) is 17.5 Å². The van der Waals surface area contributed by atoms with Crippen molar-refractivity contribution in [1.82, 2.24) is 5.32 Å². The molecule has 1 N–H and O–H groups in total. The van der Waals surface area contributed by atoms with Crippen molar-refractivity contribution in [1.29, 1.82) is 0 Å². The van der Waals surface area contributed by atoms with E-state index in [1.54, 1.807) is 13.2 Å². The fourth-order valence-electron chi connectivity index (χ4n) is 2.25. The van der Waals surface area contributed by atoms with Gasteiger partial charge in [0.25, 0.3) is 5.91 Å². The summed E-state index contributed by atoms with van der Waals surface area (Å²) in [6.45, 7) is 5.95. The Labute approximate surface area is 129 Å². The van der Waals surface area contributed by atoms with Crippen LogP contribution in [0.5, 0.6) is 0 Å². The number of hydrogen-bond acceptors (Lipinski definition) is 4. The first-order valence-corrected chi connectivity index (χ1v) is 7.51. The summed E-state index contributed by atoms with van der Waals surface area (Å²) >= 11 is 0. The quantitative estimate of drug-likeness (QED) is 0.833. The highest BCUT2D eigenvalue weighted by Crippen LogP contribution is 2.23. The monoisotopic (exact) mass is 303 g/mol. The topological polar surface area (TPSA) is 68.5 Å². The van der Waals surface area contributed by atoms with E-state index < -0.39 is 12.1 Å². The van der Waals surface area contributed by atoms with Crippen LogP contribution in [0.25, 0.3) is 11.0 Å². The van der Waals surface area contributed by atoms with Gasteiger partial charge in [0.05, 0.1) is 12.7 Å². The van der Waals surface area contributed by atoms with Crippen LogP contribution in [0.2, 0.25) is 0 Å². The molecule has 0 radical (unpaired) electrons. The molecule has 1 aromatic carbocycles. The number of furan rings is 1. The van der Waals surface area contributed by atoms with Gasteiger partial charge in [0.1, 0.15) is 5.58 Å². The molecule has 0 aliphatic carbocycles. The molecule has 1 atom stereocenters. The second-order valence-corrected chi connectivity index (χ2v) is 5.15. The highest BCUT2D eigenvalue weighted by Gasteiger charge is 2.18. The van der Waals surface area contributed by atoms with Gasteiger partial charge in [-0.3, -0.25) is 9.59 Å². The number of aryl methyl sites for hydroxylation is 1. The van der Waals surface area contributed by atoms with Gasteiger partial charge in [-0.05, 0) is 31.9 Å². The van der Waals surface area contributed by atoms with E-state index >= 15 is 0 Å². The molecular weight excluding hydrogens is 282 g/mol. The van der Waals surface area contributed by atoms with Crippen LogP contribution in [0.15, 0.2) is 28.9 Å². The third-order valence-corrected chi connectivity index (χ3v) is 3.49. The maximum Gasteiger partial charge on any atom is 0.311 e. The van der Waals surface area contributed by atoms with Gasteiger partial charge in [0.15, 0.2) is 6.10 Å². The predicted octanol–water partition coefficient (Wildman–Crippen LogP) is 2.61. The lowest BCUT2D eigenvalue weighted by atomic mass is 10.1. The zero-order valence-electron chi connectivity index (χ0n) is 13.1. The minimum atomic E-state index is -0.794. The van der Waals surface area contributed by atoms with Crippen molar-refractivity contribution in [2.24, 2.45) is 0 Å².